The molecule has 0 unspecified atom stereocenters. The van der Waals surface area contributed by atoms with Gasteiger partial charge in [0.2, 0.25) is 0 Å². The summed E-state index contributed by atoms with van der Waals surface area (Å²) in [5, 5.41) is 0. The first-order chi connectivity index (χ1) is 8.10. The third kappa shape index (κ3) is 3.34. The Morgan fingerprint density at radius 3 is 2.76 bits per heavy atom. The van der Waals surface area contributed by atoms with E-state index in [1.54, 1.807) is 0 Å². The lowest BCUT2D eigenvalue weighted by molar-refractivity contribution is 0.0601. The van der Waals surface area contributed by atoms with E-state index in [0.29, 0.717) is 6.61 Å². The Bertz CT molecular complexity index is 407. The quantitative estimate of drug-likeness (QED) is 0.488. The molecule has 0 radical (unpaired) electrons. The minimum absolute atomic E-state index is 0.0213. The summed E-state index contributed by atoms with van der Waals surface area (Å²) in [5.41, 5.74) is 5.68. The zero-order valence-corrected chi connectivity index (χ0v) is 9.96. The average molecular weight is 241 g/mol. The maximum atomic E-state index is 13.5. The van der Waals surface area contributed by atoms with Crippen LogP contribution in [0.15, 0.2) is 12.1 Å². The van der Waals surface area contributed by atoms with Gasteiger partial charge in [0.25, 0.3) is 0 Å². The van der Waals surface area contributed by atoms with E-state index in [1.807, 2.05) is 6.92 Å². The number of halogens is 1. The number of anilines is 1. The Morgan fingerprint density at radius 1 is 1.47 bits per heavy atom. The van der Waals surface area contributed by atoms with E-state index < -0.39 is 11.8 Å². The number of rotatable bonds is 5. The maximum absolute atomic E-state index is 13.5. The molecule has 0 aliphatic heterocycles. The van der Waals surface area contributed by atoms with E-state index in [2.05, 4.69) is 4.74 Å². The predicted octanol–water partition coefficient (Wildman–Crippen LogP) is 2.37. The van der Waals surface area contributed by atoms with Crippen LogP contribution in [0, 0.1) is 5.82 Å². The molecule has 1 rings (SSSR count). The Balaban J connectivity index is 2.93. The van der Waals surface area contributed by atoms with Crippen LogP contribution in [0.3, 0.4) is 0 Å². The zero-order chi connectivity index (χ0) is 12.8. The summed E-state index contributed by atoms with van der Waals surface area (Å²) in [6.07, 6.45) is 1.76. The molecule has 17 heavy (non-hydrogen) atoms. The van der Waals surface area contributed by atoms with E-state index in [9.17, 15) is 9.18 Å². The van der Waals surface area contributed by atoms with Crippen LogP contribution in [-0.4, -0.2) is 19.7 Å². The van der Waals surface area contributed by atoms with Gasteiger partial charge in [-0.25, -0.2) is 9.18 Å². The number of methoxy groups -OCH3 is 1. The molecule has 4 nitrogen and oxygen atoms in total. The first-order valence-electron chi connectivity index (χ1n) is 5.40. The fourth-order valence-corrected chi connectivity index (χ4v) is 1.29. The molecule has 0 aliphatic carbocycles. The van der Waals surface area contributed by atoms with Crippen LogP contribution < -0.4 is 10.5 Å². The summed E-state index contributed by atoms with van der Waals surface area (Å²) in [5.74, 6) is -1.16. The number of nitrogens with two attached hydrogens (primary N) is 1. The van der Waals surface area contributed by atoms with E-state index >= 15 is 0 Å². The van der Waals surface area contributed by atoms with Gasteiger partial charge in [-0.05, 0) is 12.5 Å². The maximum Gasteiger partial charge on any atom is 0.340 e. The van der Waals surface area contributed by atoms with Crippen LogP contribution >= 0.6 is 0 Å². The van der Waals surface area contributed by atoms with Gasteiger partial charge in [-0.15, -0.1) is 0 Å². The number of hydrogen-bond donors (Lipinski definition) is 1. The van der Waals surface area contributed by atoms with Crippen LogP contribution in [0.1, 0.15) is 30.1 Å². The summed E-state index contributed by atoms with van der Waals surface area (Å²) in [6.45, 7) is 2.40. The highest BCUT2D eigenvalue weighted by Gasteiger charge is 2.15. The molecular formula is C12H16FNO3. The van der Waals surface area contributed by atoms with Gasteiger partial charge in [-0.3, -0.25) is 0 Å². The molecule has 94 valence electrons. The summed E-state index contributed by atoms with van der Waals surface area (Å²) in [4.78, 5) is 11.3. The first-order valence-corrected chi connectivity index (χ1v) is 5.40. The highest BCUT2D eigenvalue weighted by molar-refractivity contribution is 5.95. The molecule has 0 aliphatic rings. The number of nitrogen functional groups attached to an aromatic ring is 1. The molecule has 0 spiro atoms. The Morgan fingerprint density at radius 2 is 2.18 bits per heavy atom. The van der Waals surface area contributed by atoms with E-state index in [1.165, 1.54) is 13.2 Å². The van der Waals surface area contributed by atoms with Crippen molar-refractivity contribution >= 4 is 11.7 Å². The second-order valence-electron chi connectivity index (χ2n) is 3.56. The second-order valence-corrected chi connectivity index (χ2v) is 3.56. The first kappa shape index (κ1) is 13.3. The molecule has 0 atom stereocenters. The van der Waals surface area contributed by atoms with Crippen LogP contribution in [0.5, 0.6) is 5.75 Å². The van der Waals surface area contributed by atoms with Gasteiger partial charge in [0.05, 0.1) is 19.3 Å². The molecule has 1 aromatic rings. The SMILES string of the molecule is CCCCOc1cc(C(=O)OC)c(N)cc1F. The van der Waals surface area contributed by atoms with Gasteiger partial charge >= 0.3 is 5.97 Å². The number of benzene rings is 1. The minimum atomic E-state index is -0.608. The van der Waals surface area contributed by atoms with Crippen molar-refractivity contribution in [2.24, 2.45) is 0 Å². The largest absolute Gasteiger partial charge is 0.490 e. The molecule has 2 N–H and O–H groups in total. The molecule has 0 bridgehead atoms. The number of ether oxygens (including phenoxy) is 2. The Hall–Kier alpha value is -1.78. The lowest BCUT2D eigenvalue weighted by Gasteiger charge is -2.10. The zero-order valence-electron chi connectivity index (χ0n) is 9.96. The fourth-order valence-electron chi connectivity index (χ4n) is 1.29. The molecule has 0 saturated heterocycles. The van der Waals surface area contributed by atoms with Crippen molar-refractivity contribution in [3.8, 4) is 5.75 Å². The monoisotopic (exact) mass is 241 g/mol. The van der Waals surface area contributed by atoms with Crippen molar-refractivity contribution in [1.82, 2.24) is 0 Å². The van der Waals surface area contributed by atoms with Gasteiger partial charge in [0.1, 0.15) is 0 Å². The molecule has 5 heteroatoms. The van der Waals surface area contributed by atoms with Crippen molar-refractivity contribution < 1.29 is 18.7 Å². The van der Waals surface area contributed by atoms with Gasteiger partial charge in [-0.1, -0.05) is 13.3 Å². The van der Waals surface area contributed by atoms with Crippen molar-refractivity contribution in [3.63, 3.8) is 0 Å². The van der Waals surface area contributed by atoms with Crippen LogP contribution in [0.4, 0.5) is 10.1 Å². The highest BCUT2D eigenvalue weighted by atomic mass is 19.1. The number of unbranched alkanes of at least 4 members (excludes halogenated alkanes) is 1. The van der Waals surface area contributed by atoms with Gasteiger partial charge in [0, 0.05) is 11.8 Å². The van der Waals surface area contributed by atoms with Gasteiger partial charge in [0.15, 0.2) is 11.6 Å². The summed E-state index contributed by atoms with van der Waals surface area (Å²) in [7, 11) is 1.24. The van der Waals surface area contributed by atoms with Crippen molar-refractivity contribution in [2.75, 3.05) is 19.5 Å². The van der Waals surface area contributed by atoms with Crippen molar-refractivity contribution in [3.05, 3.63) is 23.5 Å². The molecule has 0 heterocycles. The lowest BCUT2D eigenvalue weighted by atomic mass is 10.1. The third-order valence-electron chi connectivity index (χ3n) is 2.26. The van der Waals surface area contributed by atoms with Crippen molar-refractivity contribution in [1.29, 1.82) is 0 Å². The molecule has 0 aromatic heterocycles. The molecule has 0 fully saturated rings. The Kier molecular flexibility index (Phi) is 4.75. The van der Waals surface area contributed by atoms with Crippen LogP contribution in [0.25, 0.3) is 0 Å². The fraction of sp³-hybridized carbons (Fsp3) is 0.417. The number of hydrogen-bond acceptors (Lipinski definition) is 4. The average Bonchev–Trinajstić information content (AvgIpc) is 2.31. The highest BCUT2D eigenvalue weighted by Crippen LogP contribution is 2.25. The smallest absolute Gasteiger partial charge is 0.340 e. The minimum Gasteiger partial charge on any atom is -0.490 e. The second kappa shape index (κ2) is 6.08. The third-order valence-corrected chi connectivity index (χ3v) is 2.26. The normalized spacial score (nSPS) is 10.1. The number of esters is 1. The number of carbonyl (C=O) groups excluding carboxylic acids is 1. The lowest BCUT2D eigenvalue weighted by Crippen LogP contribution is -2.08. The van der Waals surface area contributed by atoms with Crippen LogP contribution in [0.2, 0.25) is 0 Å². The topological polar surface area (TPSA) is 61.5 Å². The van der Waals surface area contributed by atoms with E-state index in [-0.39, 0.29) is 17.0 Å². The van der Waals surface area contributed by atoms with E-state index in [4.69, 9.17) is 10.5 Å². The summed E-state index contributed by atoms with van der Waals surface area (Å²) >= 11 is 0. The van der Waals surface area contributed by atoms with E-state index in [0.717, 1.165) is 18.9 Å². The summed E-state index contributed by atoms with van der Waals surface area (Å²) < 4.78 is 23.2. The number of carbonyl (C=O) groups is 1. The Labute approximate surface area is 99.5 Å². The summed E-state index contributed by atoms with van der Waals surface area (Å²) in [6, 6.07) is 2.33. The molecule has 0 saturated carbocycles. The van der Waals surface area contributed by atoms with Crippen molar-refractivity contribution in [2.45, 2.75) is 19.8 Å². The van der Waals surface area contributed by atoms with Crippen LogP contribution in [-0.2, 0) is 4.74 Å². The standard InChI is InChI=1S/C12H16FNO3/c1-3-4-5-17-11-6-8(12(15)16-2)10(14)7-9(11)13/h6-7H,3-5,14H2,1-2H3. The predicted molar refractivity (Wildman–Crippen MR) is 62.6 cm³/mol. The molecule has 1 aromatic carbocycles. The van der Waals surface area contributed by atoms with Gasteiger partial charge in [-0.2, -0.15) is 0 Å². The van der Waals surface area contributed by atoms with Gasteiger partial charge < -0.3 is 15.2 Å². The molecular weight excluding hydrogens is 225 g/mol. The molecule has 0 amide bonds.